The molecule has 0 radical (unpaired) electrons. The molecule has 4 rings (SSSR count). The zero-order valence-electron chi connectivity index (χ0n) is 20.3. The van der Waals surface area contributed by atoms with Gasteiger partial charge in [-0.1, -0.05) is 12.1 Å². The van der Waals surface area contributed by atoms with Gasteiger partial charge in [0.2, 0.25) is 0 Å². The smallest absolute Gasteiger partial charge is 0.407 e. The van der Waals surface area contributed by atoms with Gasteiger partial charge in [0.15, 0.2) is 0 Å². The highest BCUT2D eigenvalue weighted by atomic mass is 16.6. The first-order valence-corrected chi connectivity index (χ1v) is 11.4. The molecule has 1 amide bonds. The number of ether oxygens (including phenoxy) is 2. The predicted octanol–water partition coefficient (Wildman–Crippen LogP) is 4.34. The second-order valence-corrected chi connectivity index (χ2v) is 9.80. The van der Waals surface area contributed by atoms with Gasteiger partial charge in [-0.25, -0.2) is 14.3 Å². The van der Waals surface area contributed by atoms with Crippen LogP contribution in [0.15, 0.2) is 36.8 Å². The Labute approximate surface area is 194 Å². The minimum absolute atomic E-state index is 0.187. The van der Waals surface area contributed by atoms with Crippen molar-refractivity contribution in [3.63, 3.8) is 0 Å². The largest absolute Gasteiger partial charge is 0.444 e. The molecule has 0 unspecified atom stereocenters. The third-order valence-electron chi connectivity index (χ3n) is 5.61. The summed E-state index contributed by atoms with van der Waals surface area (Å²) in [6.07, 6.45) is 3.59. The second-order valence-electron chi connectivity index (χ2n) is 9.80. The summed E-state index contributed by atoms with van der Waals surface area (Å²) < 4.78 is 13.1. The summed E-state index contributed by atoms with van der Waals surface area (Å²) in [6, 6.07) is 8.30. The van der Waals surface area contributed by atoms with Crippen molar-refractivity contribution in [2.45, 2.75) is 65.9 Å². The molecule has 0 spiro atoms. The van der Waals surface area contributed by atoms with Gasteiger partial charge in [0.25, 0.3) is 0 Å². The fourth-order valence-corrected chi connectivity index (χ4v) is 4.22. The summed E-state index contributed by atoms with van der Waals surface area (Å²) in [5.41, 5.74) is 5.54. The summed E-state index contributed by atoms with van der Waals surface area (Å²) in [5.74, 6) is 0. The van der Waals surface area contributed by atoms with E-state index in [2.05, 4.69) is 52.5 Å². The number of benzene rings is 1. The van der Waals surface area contributed by atoms with Gasteiger partial charge in [0.05, 0.1) is 35.3 Å². The number of anilines is 1. The van der Waals surface area contributed by atoms with Crippen LogP contribution in [0.5, 0.6) is 0 Å². The maximum absolute atomic E-state index is 12.0. The standard InChI is InChI=1S/C25H33N5O3/c1-16-9-19(7-8-20(16)11-26-24(31)33-25(4,5)6)23-22-10-21(14-30(22)28-15-27-23)29-12-17(2)32-18(3)13-29/h7-10,14-15,17-18H,11-13H2,1-6H3,(H,26,31)/t17-,18-/m1/s1. The molecular formula is C25H33N5O3. The minimum Gasteiger partial charge on any atom is -0.444 e. The Morgan fingerprint density at radius 2 is 1.94 bits per heavy atom. The van der Waals surface area contributed by atoms with Crippen molar-refractivity contribution >= 4 is 17.3 Å². The second kappa shape index (κ2) is 9.02. The van der Waals surface area contributed by atoms with Gasteiger partial charge in [-0.2, -0.15) is 5.10 Å². The molecule has 0 saturated carbocycles. The van der Waals surface area contributed by atoms with E-state index in [-0.39, 0.29) is 12.2 Å². The summed E-state index contributed by atoms with van der Waals surface area (Å²) in [7, 11) is 0. The number of carbonyl (C=O) groups excluding carboxylic acids is 1. The van der Waals surface area contributed by atoms with Crippen molar-refractivity contribution in [3.05, 3.63) is 47.9 Å². The molecule has 1 aliphatic heterocycles. The van der Waals surface area contributed by atoms with Crippen molar-refractivity contribution in [2.75, 3.05) is 18.0 Å². The van der Waals surface area contributed by atoms with Crippen LogP contribution in [0, 0.1) is 6.92 Å². The van der Waals surface area contributed by atoms with Gasteiger partial charge < -0.3 is 19.7 Å². The molecule has 0 bridgehead atoms. The average Bonchev–Trinajstić information content (AvgIpc) is 3.15. The molecule has 8 nitrogen and oxygen atoms in total. The number of nitrogens with one attached hydrogen (secondary N) is 1. The zero-order valence-corrected chi connectivity index (χ0v) is 20.3. The first kappa shape index (κ1) is 23.0. The number of aromatic nitrogens is 3. The van der Waals surface area contributed by atoms with E-state index in [1.165, 1.54) is 0 Å². The number of carbonyl (C=O) groups is 1. The van der Waals surface area contributed by atoms with E-state index in [4.69, 9.17) is 9.47 Å². The summed E-state index contributed by atoms with van der Waals surface area (Å²) in [6.45, 7) is 13.9. The van der Waals surface area contributed by atoms with Crippen LogP contribution >= 0.6 is 0 Å². The molecule has 2 aromatic heterocycles. The number of fused-ring (bicyclic) bond motifs is 1. The SMILES string of the molecule is Cc1cc(-c2ncnn3cc(N4C[C@@H](C)O[C@H](C)C4)cc23)ccc1CNC(=O)OC(C)(C)C. The van der Waals surface area contributed by atoms with Crippen LogP contribution in [0.4, 0.5) is 10.5 Å². The van der Waals surface area contributed by atoms with Crippen LogP contribution in [0.2, 0.25) is 0 Å². The number of hydrogen-bond donors (Lipinski definition) is 1. The molecule has 1 saturated heterocycles. The van der Waals surface area contributed by atoms with Gasteiger partial charge >= 0.3 is 6.09 Å². The first-order chi connectivity index (χ1) is 15.6. The van der Waals surface area contributed by atoms with Gasteiger partial charge in [0, 0.05) is 25.2 Å². The van der Waals surface area contributed by atoms with Crippen molar-refractivity contribution in [1.29, 1.82) is 0 Å². The summed E-state index contributed by atoms with van der Waals surface area (Å²) in [4.78, 5) is 18.9. The van der Waals surface area contributed by atoms with Crippen LogP contribution in [0.1, 0.15) is 45.7 Å². The van der Waals surface area contributed by atoms with Crippen LogP contribution in [-0.4, -0.2) is 51.6 Å². The number of hydrogen-bond acceptors (Lipinski definition) is 6. The lowest BCUT2D eigenvalue weighted by atomic mass is 10.0. The Bertz CT molecular complexity index is 1140. The zero-order chi connectivity index (χ0) is 23.8. The van der Waals surface area contributed by atoms with Gasteiger partial charge in [-0.15, -0.1) is 0 Å². The van der Waals surface area contributed by atoms with E-state index in [0.29, 0.717) is 6.54 Å². The fraction of sp³-hybridized carbons (Fsp3) is 0.480. The molecule has 1 fully saturated rings. The van der Waals surface area contributed by atoms with Crippen molar-refractivity contribution in [3.8, 4) is 11.3 Å². The number of aryl methyl sites for hydroxylation is 1. The lowest BCUT2D eigenvalue weighted by Gasteiger charge is -2.36. The van der Waals surface area contributed by atoms with Crippen LogP contribution in [-0.2, 0) is 16.0 Å². The van der Waals surface area contributed by atoms with Crippen LogP contribution in [0.25, 0.3) is 16.8 Å². The fourth-order valence-electron chi connectivity index (χ4n) is 4.22. The van der Waals surface area contributed by atoms with E-state index in [1.807, 2.05) is 44.3 Å². The van der Waals surface area contributed by atoms with Gasteiger partial charge in [-0.05, 0) is 64.8 Å². The normalized spacial score (nSPS) is 19.0. The van der Waals surface area contributed by atoms with E-state index in [0.717, 1.165) is 46.7 Å². The van der Waals surface area contributed by atoms with Gasteiger partial charge in [0.1, 0.15) is 11.9 Å². The number of rotatable bonds is 4. The topological polar surface area (TPSA) is 81.0 Å². The molecule has 33 heavy (non-hydrogen) atoms. The highest BCUT2D eigenvalue weighted by Gasteiger charge is 2.24. The van der Waals surface area contributed by atoms with Gasteiger partial charge in [-0.3, -0.25) is 0 Å². The Kier molecular flexibility index (Phi) is 6.30. The quantitative estimate of drug-likeness (QED) is 0.635. The maximum Gasteiger partial charge on any atom is 0.407 e. The average molecular weight is 452 g/mol. The molecule has 3 heterocycles. The highest BCUT2D eigenvalue weighted by molar-refractivity contribution is 5.80. The van der Waals surface area contributed by atoms with Crippen molar-refractivity contribution < 1.29 is 14.3 Å². The molecule has 3 aromatic rings. The molecule has 2 atom stereocenters. The number of morpholine rings is 1. The lowest BCUT2D eigenvalue weighted by molar-refractivity contribution is -0.00521. The van der Waals surface area contributed by atoms with E-state index < -0.39 is 11.7 Å². The Hall–Kier alpha value is -3.13. The van der Waals surface area contributed by atoms with Crippen molar-refractivity contribution in [1.82, 2.24) is 19.9 Å². The number of nitrogens with zero attached hydrogens (tertiary/aromatic N) is 4. The third-order valence-corrected chi connectivity index (χ3v) is 5.61. The maximum atomic E-state index is 12.0. The van der Waals surface area contributed by atoms with E-state index in [1.54, 1.807) is 6.33 Å². The Balaban J connectivity index is 1.56. The number of alkyl carbamates (subject to hydrolysis) is 1. The predicted molar refractivity (Wildman–Crippen MR) is 128 cm³/mol. The van der Waals surface area contributed by atoms with Crippen LogP contribution in [0.3, 0.4) is 0 Å². The summed E-state index contributed by atoms with van der Waals surface area (Å²) >= 11 is 0. The highest BCUT2D eigenvalue weighted by Crippen LogP contribution is 2.29. The first-order valence-electron chi connectivity index (χ1n) is 11.4. The molecule has 8 heteroatoms. The lowest BCUT2D eigenvalue weighted by Crippen LogP contribution is -2.45. The monoisotopic (exact) mass is 451 g/mol. The Morgan fingerprint density at radius 3 is 2.61 bits per heavy atom. The van der Waals surface area contributed by atoms with Crippen molar-refractivity contribution in [2.24, 2.45) is 0 Å². The third kappa shape index (κ3) is 5.45. The van der Waals surface area contributed by atoms with Crippen LogP contribution < -0.4 is 10.2 Å². The minimum atomic E-state index is -0.519. The number of amides is 1. The molecule has 1 N–H and O–H groups in total. The van der Waals surface area contributed by atoms with E-state index in [9.17, 15) is 4.79 Å². The molecule has 176 valence electrons. The molecule has 0 aliphatic carbocycles. The molecule has 1 aliphatic rings. The van der Waals surface area contributed by atoms with E-state index >= 15 is 0 Å². The Morgan fingerprint density at radius 1 is 1.21 bits per heavy atom. The molecule has 1 aromatic carbocycles. The molecular weight excluding hydrogens is 418 g/mol. The summed E-state index contributed by atoms with van der Waals surface area (Å²) in [5, 5.41) is 7.25.